The Morgan fingerprint density at radius 2 is 2.18 bits per heavy atom. The van der Waals surface area contributed by atoms with Crippen LogP contribution in [0, 0.1) is 10.1 Å². The molecule has 0 aromatic heterocycles. The van der Waals surface area contributed by atoms with Gasteiger partial charge in [-0.05, 0) is 0 Å². The van der Waals surface area contributed by atoms with E-state index in [1.807, 2.05) is 0 Å². The predicted octanol–water partition coefficient (Wildman–Crippen LogP) is 1.89. The van der Waals surface area contributed by atoms with Gasteiger partial charge in [0.2, 0.25) is 0 Å². The number of carbonyl (C=O) groups excluding carboxylic acids is 1. The number of rotatable bonds is 3. The number of hydrogen-bond donors (Lipinski definition) is 0. The van der Waals surface area contributed by atoms with Crippen molar-refractivity contribution in [1.82, 2.24) is 0 Å². The number of nitrogens with zero attached hydrogens (tertiary/aromatic N) is 1. The van der Waals surface area contributed by atoms with Crippen LogP contribution in [0.25, 0.3) is 0 Å². The molecule has 5 heteroatoms. The van der Waals surface area contributed by atoms with Crippen LogP contribution in [0.3, 0.4) is 0 Å². The molecule has 1 fully saturated rings. The molecule has 0 saturated carbocycles. The number of nitro benzene ring substituents is 1. The van der Waals surface area contributed by atoms with Gasteiger partial charge in [0, 0.05) is 30.9 Å². The highest BCUT2D eigenvalue weighted by atomic mass is 16.6. The van der Waals surface area contributed by atoms with E-state index in [9.17, 15) is 14.9 Å². The van der Waals surface area contributed by atoms with Crippen molar-refractivity contribution < 1.29 is 14.5 Å². The number of hydrogen-bond acceptors (Lipinski definition) is 4. The molecular weight excluding hydrogens is 222 g/mol. The minimum atomic E-state index is -0.403. The summed E-state index contributed by atoms with van der Waals surface area (Å²) < 4.78 is 5.44. The van der Waals surface area contributed by atoms with Gasteiger partial charge in [-0.25, -0.2) is 0 Å². The van der Waals surface area contributed by atoms with Crippen LogP contribution in [0.2, 0.25) is 0 Å². The number of benzene rings is 1. The van der Waals surface area contributed by atoms with Crippen LogP contribution in [0.5, 0.6) is 0 Å². The van der Waals surface area contributed by atoms with Crippen LogP contribution in [0.1, 0.15) is 18.4 Å². The normalized spacial score (nSPS) is 20.2. The van der Waals surface area contributed by atoms with Crippen LogP contribution >= 0.6 is 0 Å². The number of carbonyl (C=O) groups is 1. The van der Waals surface area contributed by atoms with Crippen LogP contribution in [0.15, 0.2) is 24.3 Å². The maximum Gasteiger partial charge on any atom is 0.272 e. The molecule has 0 bridgehead atoms. The summed E-state index contributed by atoms with van der Waals surface area (Å²) in [7, 11) is 0. The quantitative estimate of drug-likeness (QED) is 0.592. The van der Waals surface area contributed by atoms with E-state index in [0.29, 0.717) is 31.4 Å². The van der Waals surface area contributed by atoms with Gasteiger partial charge in [-0.1, -0.05) is 18.2 Å². The molecule has 1 atom stereocenters. The van der Waals surface area contributed by atoms with E-state index in [1.54, 1.807) is 18.2 Å². The Morgan fingerprint density at radius 1 is 1.41 bits per heavy atom. The molecule has 90 valence electrons. The molecular formula is C12H13NO4. The zero-order valence-corrected chi connectivity index (χ0v) is 9.30. The molecule has 17 heavy (non-hydrogen) atoms. The molecule has 0 radical (unpaired) electrons. The van der Waals surface area contributed by atoms with Gasteiger partial charge in [0.15, 0.2) is 0 Å². The second-order valence-electron chi connectivity index (χ2n) is 4.08. The van der Waals surface area contributed by atoms with E-state index in [-0.39, 0.29) is 17.6 Å². The molecule has 1 unspecified atom stereocenters. The maximum atomic E-state index is 11.3. The number of nitro groups is 1. The molecule has 0 spiro atoms. The first-order chi connectivity index (χ1) is 8.16. The monoisotopic (exact) mass is 235 g/mol. The van der Waals surface area contributed by atoms with Gasteiger partial charge >= 0.3 is 0 Å². The zero-order chi connectivity index (χ0) is 12.3. The molecule has 1 aliphatic heterocycles. The predicted molar refractivity (Wildman–Crippen MR) is 60.8 cm³/mol. The average Bonchev–Trinajstić information content (AvgIpc) is 2.29. The lowest BCUT2D eigenvalue weighted by molar-refractivity contribution is -0.385. The second-order valence-corrected chi connectivity index (χ2v) is 4.08. The average molecular weight is 235 g/mol. The zero-order valence-electron chi connectivity index (χ0n) is 9.30. The van der Waals surface area contributed by atoms with Gasteiger partial charge in [-0.15, -0.1) is 0 Å². The van der Waals surface area contributed by atoms with E-state index < -0.39 is 4.92 Å². The van der Waals surface area contributed by atoms with Crippen molar-refractivity contribution in [2.45, 2.75) is 25.4 Å². The lowest BCUT2D eigenvalue weighted by atomic mass is 9.99. The molecule has 2 rings (SSSR count). The third kappa shape index (κ3) is 2.88. The number of ketones is 1. The first kappa shape index (κ1) is 11.7. The van der Waals surface area contributed by atoms with Crippen LogP contribution in [-0.4, -0.2) is 23.4 Å². The van der Waals surface area contributed by atoms with Gasteiger partial charge in [0.05, 0.1) is 17.6 Å². The van der Waals surface area contributed by atoms with Gasteiger partial charge in [0.25, 0.3) is 5.69 Å². The molecule has 5 nitrogen and oxygen atoms in total. The van der Waals surface area contributed by atoms with Crippen LogP contribution < -0.4 is 0 Å². The van der Waals surface area contributed by atoms with Crippen molar-refractivity contribution in [3.8, 4) is 0 Å². The van der Waals surface area contributed by atoms with E-state index in [1.165, 1.54) is 6.07 Å². The fourth-order valence-corrected chi connectivity index (χ4v) is 1.99. The van der Waals surface area contributed by atoms with Gasteiger partial charge < -0.3 is 4.74 Å². The molecule has 1 aliphatic rings. The highest BCUT2D eigenvalue weighted by Crippen LogP contribution is 2.22. The second kappa shape index (κ2) is 5.05. The summed E-state index contributed by atoms with van der Waals surface area (Å²) in [6, 6.07) is 6.57. The summed E-state index contributed by atoms with van der Waals surface area (Å²) in [5, 5.41) is 10.8. The highest BCUT2D eigenvalue weighted by molar-refractivity contribution is 5.79. The Hall–Kier alpha value is -1.75. The van der Waals surface area contributed by atoms with Gasteiger partial charge in [-0.2, -0.15) is 0 Å². The first-order valence-corrected chi connectivity index (χ1v) is 5.52. The number of Topliss-reactive ketones (excluding diaryl/α,β-unsaturated/α-hetero) is 1. The van der Waals surface area contributed by atoms with E-state index in [4.69, 9.17) is 4.74 Å². The smallest absolute Gasteiger partial charge is 0.272 e. The Kier molecular flexibility index (Phi) is 3.49. The van der Waals surface area contributed by atoms with Crippen molar-refractivity contribution in [3.63, 3.8) is 0 Å². The van der Waals surface area contributed by atoms with Crippen molar-refractivity contribution in [2.24, 2.45) is 0 Å². The lowest BCUT2D eigenvalue weighted by Gasteiger charge is -2.21. The molecule has 0 aliphatic carbocycles. The van der Waals surface area contributed by atoms with Gasteiger partial charge in [0.1, 0.15) is 5.78 Å². The standard InChI is InChI=1S/C12H13NO4/c14-10-5-6-17-11(8-10)7-9-3-1-2-4-12(9)13(15)16/h1-4,11H,5-8H2. The summed E-state index contributed by atoms with van der Waals surface area (Å²) >= 11 is 0. The molecule has 1 aromatic carbocycles. The fourth-order valence-electron chi connectivity index (χ4n) is 1.99. The highest BCUT2D eigenvalue weighted by Gasteiger charge is 2.23. The summed E-state index contributed by atoms with van der Waals surface area (Å²) in [6.07, 6.45) is 1.000. The molecule has 1 aromatic rings. The topological polar surface area (TPSA) is 69.4 Å². The number of ether oxygens (including phenoxy) is 1. The van der Waals surface area contributed by atoms with Crippen molar-refractivity contribution >= 4 is 11.5 Å². The molecule has 1 saturated heterocycles. The summed E-state index contributed by atoms with van der Waals surface area (Å²) in [5.74, 6) is 0.167. The Morgan fingerprint density at radius 3 is 2.88 bits per heavy atom. The minimum Gasteiger partial charge on any atom is -0.377 e. The Bertz CT molecular complexity index is 444. The fraction of sp³-hybridized carbons (Fsp3) is 0.417. The van der Waals surface area contributed by atoms with Crippen molar-refractivity contribution in [2.75, 3.05) is 6.61 Å². The van der Waals surface area contributed by atoms with Crippen molar-refractivity contribution in [3.05, 3.63) is 39.9 Å². The van der Waals surface area contributed by atoms with Crippen LogP contribution in [-0.2, 0) is 16.0 Å². The molecule has 1 heterocycles. The van der Waals surface area contributed by atoms with E-state index in [2.05, 4.69) is 0 Å². The Labute approximate surface area is 98.5 Å². The van der Waals surface area contributed by atoms with Gasteiger partial charge in [-0.3, -0.25) is 14.9 Å². The molecule has 0 N–H and O–H groups in total. The largest absolute Gasteiger partial charge is 0.377 e. The number of para-hydroxylation sites is 1. The summed E-state index contributed by atoms with van der Waals surface area (Å²) in [4.78, 5) is 21.7. The van der Waals surface area contributed by atoms with Crippen LogP contribution in [0.4, 0.5) is 5.69 Å². The van der Waals surface area contributed by atoms with E-state index >= 15 is 0 Å². The summed E-state index contributed by atoms with van der Waals surface area (Å²) in [5.41, 5.74) is 0.714. The van der Waals surface area contributed by atoms with Crippen molar-refractivity contribution in [1.29, 1.82) is 0 Å². The minimum absolute atomic E-state index is 0.0918. The maximum absolute atomic E-state index is 11.3. The first-order valence-electron chi connectivity index (χ1n) is 5.52. The molecule has 0 amide bonds. The van der Waals surface area contributed by atoms with E-state index in [0.717, 1.165) is 0 Å². The Balaban J connectivity index is 2.12. The SMILES string of the molecule is O=C1CCOC(Cc2ccccc2[N+](=O)[O-])C1. The third-order valence-corrected chi connectivity index (χ3v) is 2.83. The third-order valence-electron chi connectivity index (χ3n) is 2.83. The lowest BCUT2D eigenvalue weighted by Crippen LogP contribution is -2.27. The summed E-state index contributed by atoms with van der Waals surface area (Å²) in [6.45, 7) is 0.421.